The SMILES string of the molecule is COc1ccc(-c2nc(C(=O)NC3CN(C(=O)C4CC4)C3)c(CN)o2)c2ccc(C(F)(F)F)nc12. The van der Waals surface area contributed by atoms with Crippen LogP contribution in [0.3, 0.4) is 0 Å². The highest BCUT2D eigenvalue weighted by molar-refractivity contribution is 5.98. The number of likely N-dealkylation sites (tertiary alicyclic amines) is 1. The Morgan fingerprint density at radius 1 is 1.20 bits per heavy atom. The Morgan fingerprint density at radius 3 is 2.57 bits per heavy atom. The molecule has 1 saturated carbocycles. The Labute approximate surface area is 197 Å². The minimum Gasteiger partial charge on any atom is -0.494 e. The van der Waals surface area contributed by atoms with Gasteiger partial charge < -0.3 is 25.1 Å². The second kappa shape index (κ2) is 8.52. The van der Waals surface area contributed by atoms with E-state index in [-0.39, 0.29) is 53.0 Å². The molecule has 9 nitrogen and oxygen atoms in total. The number of aromatic nitrogens is 2. The van der Waals surface area contributed by atoms with Gasteiger partial charge in [-0.05, 0) is 37.1 Å². The Balaban J connectivity index is 1.42. The lowest BCUT2D eigenvalue weighted by Gasteiger charge is -2.39. The Morgan fingerprint density at radius 2 is 1.94 bits per heavy atom. The molecular weight excluding hydrogens is 467 g/mol. The molecule has 0 unspecified atom stereocenters. The van der Waals surface area contributed by atoms with Crippen LogP contribution in [-0.4, -0.2) is 52.9 Å². The van der Waals surface area contributed by atoms with Gasteiger partial charge in [0.2, 0.25) is 11.8 Å². The maximum absolute atomic E-state index is 13.2. The molecule has 3 N–H and O–H groups in total. The topological polar surface area (TPSA) is 124 Å². The maximum Gasteiger partial charge on any atom is 0.433 e. The van der Waals surface area contributed by atoms with Crippen LogP contribution in [0.1, 0.15) is 34.8 Å². The van der Waals surface area contributed by atoms with Crippen LogP contribution >= 0.6 is 0 Å². The quantitative estimate of drug-likeness (QED) is 0.546. The number of oxazole rings is 1. The van der Waals surface area contributed by atoms with Gasteiger partial charge >= 0.3 is 6.18 Å². The normalized spacial score (nSPS) is 16.3. The van der Waals surface area contributed by atoms with Crippen molar-refractivity contribution >= 4 is 22.7 Å². The zero-order valence-electron chi connectivity index (χ0n) is 18.7. The van der Waals surface area contributed by atoms with Crippen LogP contribution in [0.15, 0.2) is 28.7 Å². The number of fused-ring (bicyclic) bond motifs is 1. The number of nitrogens with two attached hydrogens (primary N) is 1. The number of benzene rings is 1. The van der Waals surface area contributed by atoms with Crippen LogP contribution < -0.4 is 15.8 Å². The molecule has 184 valence electrons. The molecular formula is C23H22F3N5O4. The van der Waals surface area contributed by atoms with E-state index < -0.39 is 17.8 Å². The zero-order chi connectivity index (χ0) is 24.9. The summed E-state index contributed by atoms with van der Waals surface area (Å²) in [7, 11) is 1.33. The molecule has 2 fully saturated rings. The van der Waals surface area contributed by atoms with Gasteiger partial charge in [0.25, 0.3) is 5.91 Å². The lowest BCUT2D eigenvalue weighted by Crippen LogP contribution is -2.61. The van der Waals surface area contributed by atoms with Crippen LogP contribution in [0, 0.1) is 5.92 Å². The van der Waals surface area contributed by atoms with Crippen molar-refractivity contribution in [3.05, 3.63) is 41.4 Å². The van der Waals surface area contributed by atoms with Gasteiger partial charge in [-0.15, -0.1) is 0 Å². The largest absolute Gasteiger partial charge is 0.494 e. The summed E-state index contributed by atoms with van der Waals surface area (Å²) >= 11 is 0. The van der Waals surface area contributed by atoms with E-state index in [1.54, 1.807) is 11.0 Å². The maximum atomic E-state index is 13.2. The second-order valence-corrected chi connectivity index (χ2v) is 8.59. The summed E-state index contributed by atoms with van der Waals surface area (Å²) in [4.78, 5) is 34.7. The number of carbonyl (C=O) groups excluding carboxylic acids is 2. The van der Waals surface area contributed by atoms with Crippen molar-refractivity contribution < 1.29 is 31.9 Å². The van der Waals surface area contributed by atoms with E-state index >= 15 is 0 Å². The Bertz CT molecular complexity index is 1310. The van der Waals surface area contributed by atoms with Crippen LogP contribution in [0.4, 0.5) is 13.2 Å². The van der Waals surface area contributed by atoms with Crippen LogP contribution in [0.2, 0.25) is 0 Å². The number of carbonyl (C=O) groups is 2. The fraction of sp³-hybridized carbons (Fsp3) is 0.391. The highest BCUT2D eigenvalue weighted by Crippen LogP contribution is 2.37. The first-order valence-electron chi connectivity index (χ1n) is 11.0. The number of pyridine rings is 1. The molecule has 0 radical (unpaired) electrons. The molecule has 35 heavy (non-hydrogen) atoms. The summed E-state index contributed by atoms with van der Waals surface area (Å²) in [5.74, 6) is 0.0358. The van der Waals surface area contributed by atoms with Crippen molar-refractivity contribution in [2.45, 2.75) is 31.6 Å². The van der Waals surface area contributed by atoms with Gasteiger partial charge in [0.1, 0.15) is 17.0 Å². The molecule has 1 aromatic carbocycles. The molecule has 0 atom stereocenters. The highest BCUT2D eigenvalue weighted by atomic mass is 19.4. The minimum absolute atomic E-state index is 0.0155. The van der Waals surface area contributed by atoms with E-state index in [0.717, 1.165) is 18.9 Å². The lowest BCUT2D eigenvalue weighted by molar-refractivity contribution is -0.141. The zero-order valence-corrected chi connectivity index (χ0v) is 18.7. The van der Waals surface area contributed by atoms with Crippen molar-refractivity contribution in [3.63, 3.8) is 0 Å². The minimum atomic E-state index is -4.63. The summed E-state index contributed by atoms with van der Waals surface area (Å²) in [5, 5.41) is 3.14. The van der Waals surface area contributed by atoms with E-state index in [9.17, 15) is 22.8 Å². The summed E-state index contributed by atoms with van der Waals surface area (Å²) < 4.78 is 50.5. The number of methoxy groups -OCH3 is 1. The second-order valence-electron chi connectivity index (χ2n) is 8.59. The van der Waals surface area contributed by atoms with Crippen molar-refractivity contribution in [1.29, 1.82) is 0 Å². The predicted octanol–water partition coefficient (Wildman–Crippen LogP) is 2.73. The van der Waals surface area contributed by atoms with Gasteiger partial charge in [0.15, 0.2) is 11.5 Å². The first-order chi connectivity index (χ1) is 16.7. The number of amides is 2. The predicted molar refractivity (Wildman–Crippen MR) is 117 cm³/mol. The average Bonchev–Trinajstić information content (AvgIpc) is 3.57. The molecule has 2 amide bonds. The van der Waals surface area contributed by atoms with E-state index in [1.165, 1.54) is 19.2 Å². The fourth-order valence-electron chi connectivity index (χ4n) is 4.08. The number of alkyl halides is 3. The summed E-state index contributed by atoms with van der Waals surface area (Å²) in [6.07, 6.45) is -2.79. The molecule has 3 aromatic rings. The van der Waals surface area contributed by atoms with Crippen molar-refractivity contribution in [2.24, 2.45) is 11.7 Å². The number of ether oxygens (including phenoxy) is 1. The van der Waals surface area contributed by atoms with Crippen LogP contribution in [0.25, 0.3) is 22.4 Å². The number of hydrogen-bond donors (Lipinski definition) is 2. The molecule has 1 aliphatic carbocycles. The van der Waals surface area contributed by atoms with Gasteiger partial charge in [-0.1, -0.05) is 0 Å². The molecule has 2 aromatic heterocycles. The van der Waals surface area contributed by atoms with E-state index in [2.05, 4.69) is 15.3 Å². The fourth-order valence-corrected chi connectivity index (χ4v) is 4.08. The van der Waals surface area contributed by atoms with E-state index in [4.69, 9.17) is 14.9 Å². The number of hydrogen-bond acceptors (Lipinski definition) is 7. The van der Waals surface area contributed by atoms with Crippen LogP contribution in [0.5, 0.6) is 5.75 Å². The van der Waals surface area contributed by atoms with Gasteiger partial charge in [-0.3, -0.25) is 9.59 Å². The molecule has 3 heterocycles. The number of halogens is 3. The van der Waals surface area contributed by atoms with E-state index in [1.807, 2.05) is 0 Å². The molecule has 12 heteroatoms. The summed E-state index contributed by atoms with van der Waals surface area (Å²) in [6.45, 7) is 0.747. The average molecular weight is 489 g/mol. The lowest BCUT2D eigenvalue weighted by atomic mass is 10.1. The molecule has 1 aliphatic heterocycles. The van der Waals surface area contributed by atoms with Crippen LogP contribution in [-0.2, 0) is 17.5 Å². The first kappa shape index (κ1) is 23.1. The van der Waals surface area contributed by atoms with Gasteiger partial charge in [-0.2, -0.15) is 13.2 Å². The van der Waals surface area contributed by atoms with Gasteiger partial charge in [0, 0.05) is 30.0 Å². The molecule has 0 bridgehead atoms. The molecule has 2 aliphatic rings. The Kier molecular flexibility index (Phi) is 5.62. The third-order valence-electron chi connectivity index (χ3n) is 6.11. The molecule has 0 spiro atoms. The standard InChI is InChI=1S/C23H22F3N5O4/c1-34-15-6-4-14(13-5-7-17(23(24,25)26)29-18(13)15)21-30-19(16(8-27)35-21)20(32)28-12-9-31(10-12)22(33)11-2-3-11/h4-7,11-12H,2-3,8-10,27H2,1H3,(H,28,32). The van der Waals surface area contributed by atoms with Gasteiger partial charge in [0.05, 0.1) is 19.7 Å². The summed E-state index contributed by atoms with van der Waals surface area (Å²) in [6, 6.07) is 4.93. The third-order valence-corrected chi connectivity index (χ3v) is 6.11. The molecule has 5 rings (SSSR count). The van der Waals surface area contributed by atoms with Crippen molar-refractivity contribution in [1.82, 2.24) is 20.2 Å². The molecule has 1 saturated heterocycles. The number of rotatable bonds is 6. The highest BCUT2D eigenvalue weighted by Gasteiger charge is 2.40. The number of nitrogens with zero attached hydrogens (tertiary/aromatic N) is 3. The van der Waals surface area contributed by atoms with Crippen molar-refractivity contribution in [2.75, 3.05) is 20.2 Å². The Hall–Kier alpha value is -3.67. The first-order valence-corrected chi connectivity index (χ1v) is 11.0. The third kappa shape index (κ3) is 4.29. The van der Waals surface area contributed by atoms with Crippen molar-refractivity contribution in [3.8, 4) is 17.2 Å². The monoisotopic (exact) mass is 489 g/mol. The van der Waals surface area contributed by atoms with E-state index in [0.29, 0.717) is 24.0 Å². The smallest absolute Gasteiger partial charge is 0.433 e. The van der Waals surface area contributed by atoms with Gasteiger partial charge in [-0.25, -0.2) is 9.97 Å². The summed E-state index contributed by atoms with van der Waals surface area (Å²) in [5.41, 5.74) is 4.99. The number of nitrogens with one attached hydrogen (secondary N) is 1.